The fraction of sp³-hybridized carbons (Fsp3) is 1.00. The molecule has 56 valence electrons. The van der Waals surface area contributed by atoms with Gasteiger partial charge in [-0.05, 0) is 20.8 Å². The van der Waals surface area contributed by atoms with E-state index < -0.39 is 0 Å². The molecule has 1 nitrogen and oxygen atoms in total. The van der Waals surface area contributed by atoms with E-state index in [0.29, 0.717) is 0 Å². The average Bonchev–Trinajstić information content (AvgIpc) is 1.78. The normalized spacial score (nSPS) is 11.1. The molecule has 10 heavy (non-hydrogen) atoms. The minimum atomic E-state index is 0.0493. The Morgan fingerprint density at radius 3 is 2.40 bits per heavy atom. The summed E-state index contributed by atoms with van der Waals surface area (Å²) < 4.78 is 5.53. The van der Waals surface area contributed by atoms with Gasteiger partial charge in [0.15, 0.2) is 0 Å². The summed E-state index contributed by atoms with van der Waals surface area (Å²) in [6.45, 7) is 7.20. The molecule has 4 heteroatoms. The van der Waals surface area contributed by atoms with Crippen molar-refractivity contribution < 1.29 is 4.74 Å². The predicted octanol–water partition coefficient (Wildman–Crippen LogP) is -0.444. The van der Waals surface area contributed by atoms with Gasteiger partial charge in [-0.25, -0.2) is 0 Å². The first-order chi connectivity index (χ1) is 4.56. The molecular weight excluding hydrogens is 121 g/mol. The predicted molar refractivity (Wildman–Crippen MR) is 53.4 cm³/mol. The van der Waals surface area contributed by atoms with Gasteiger partial charge in [-0.15, -0.1) is 0 Å². The molecule has 0 aromatic rings. The van der Waals surface area contributed by atoms with Gasteiger partial charge in [-0.3, -0.25) is 0 Å². The van der Waals surface area contributed by atoms with Gasteiger partial charge in [-0.2, -0.15) is 0 Å². The Labute approximate surface area is 66.8 Å². The van der Waals surface area contributed by atoms with Crippen LogP contribution in [0, 0.1) is 0 Å². The lowest BCUT2D eigenvalue weighted by molar-refractivity contribution is 0.00546. The van der Waals surface area contributed by atoms with E-state index in [1.165, 1.54) is 20.6 Å². The van der Waals surface area contributed by atoms with E-state index in [4.69, 9.17) is 4.74 Å². The van der Waals surface area contributed by atoms with Gasteiger partial charge < -0.3 is 4.74 Å². The van der Waals surface area contributed by atoms with E-state index >= 15 is 0 Å². The second kappa shape index (κ2) is 4.89. The first-order valence-electron chi connectivity index (χ1n) is 4.20. The van der Waals surface area contributed by atoms with Crippen molar-refractivity contribution in [3.63, 3.8) is 0 Å². The summed E-state index contributed by atoms with van der Waals surface area (Å²) in [4.78, 5) is 0. The summed E-state index contributed by atoms with van der Waals surface area (Å²) >= 11 is 0. The smallest absolute Gasteiger partial charge is 0.0809 e. The van der Waals surface area contributed by atoms with Crippen LogP contribution in [0.2, 0.25) is 6.32 Å². The Hall–Kier alpha value is 0.155. The van der Waals surface area contributed by atoms with E-state index in [2.05, 4.69) is 28.5 Å². The third-order valence-corrected chi connectivity index (χ3v) is 1.28. The van der Waals surface area contributed by atoms with Crippen molar-refractivity contribution in [2.75, 3.05) is 6.61 Å². The quantitative estimate of drug-likeness (QED) is 0.377. The van der Waals surface area contributed by atoms with Gasteiger partial charge in [-0.1, -0.05) is 6.32 Å². The highest BCUT2D eigenvalue weighted by Gasteiger charge is 2.08. The molecule has 0 atom stereocenters. The Kier molecular flexibility index (Phi) is 4.97. The van der Waals surface area contributed by atoms with Crippen molar-refractivity contribution in [2.45, 2.75) is 32.7 Å². The molecule has 0 saturated heterocycles. The van der Waals surface area contributed by atoms with Crippen molar-refractivity contribution in [3.05, 3.63) is 0 Å². The summed E-state index contributed by atoms with van der Waals surface area (Å²) in [7, 11) is 4.76. The van der Waals surface area contributed by atoms with Crippen LogP contribution in [0.5, 0.6) is 0 Å². The van der Waals surface area contributed by atoms with Gasteiger partial charge in [0.2, 0.25) is 0 Å². The Morgan fingerprint density at radius 2 is 2.00 bits per heavy atom. The molecule has 0 bridgehead atoms. The van der Waals surface area contributed by atoms with E-state index in [0.717, 1.165) is 6.61 Å². The van der Waals surface area contributed by atoms with Crippen LogP contribution >= 0.6 is 0 Å². The largest absolute Gasteiger partial charge is 0.377 e. The standard InChI is InChI=1S/C6H17B3O/c1-6(2,3)10-5-4-8-9-7/h8-9H,4-5,7H2,1-3H3. The van der Waals surface area contributed by atoms with E-state index in [1.54, 1.807) is 0 Å². The van der Waals surface area contributed by atoms with Crippen molar-refractivity contribution in [1.29, 1.82) is 0 Å². The van der Waals surface area contributed by atoms with Crippen LogP contribution in [0.15, 0.2) is 0 Å². The highest BCUT2D eigenvalue weighted by molar-refractivity contribution is 7.23. The number of hydrogen-bond donors (Lipinski definition) is 0. The lowest BCUT2D eigenvalue weighted by Crippen LogP contribution is -2.21. The maximum atomic E-state index is 5.53. The Balaban J connectivity index is 3.04. The second-order valence-corrected chi connectivity index (χ2v) is 3.67. The molecule has 0 saturated carbocycles. The van der Waals surface area contributed by atoms with Gasteiger partial charge in [0.25, 0.3) is 0 Å². The second-order valence-electron chi connectivity index (χ2n) is 3.67. The molecule has 0 unspecified atom stereocenters. The fourth-order valence-electron chi connectivity index (χ4n) is 0.730. The molecule has 0 aliphatic heterocycles. The first-order valence-corrected chi connectivity index (χ1v) is 4.20. The lowest BCUT2D eigenvalue weighted by Gasteiger charge is -2.18. The van der Waals surface area contributed by atoms with Crippen LogP contribution in [-0.4, -0.2) is 34.2 Å². The van der Waals surface area contributed by atoms with Crippen LogP contribution in [0.3, 0.4) is 0 Å². The molecule has 0 fully saturated rings. The van der Waals surface area contributed by atoms with Gasteiger partial charge in [0, 0.05) is 6.61 Å². The zero-order chi connectivity index (χ0) is 8.04. The van der Waals surface area contributed by atoms with Crippen molar-refractivity contribution >= 4 is 22.0 Å². The molecule has 0 heterocycles. The van der Waals surface area contributed by atoms with E-state index in [1.807, 2.05) is 0 Å². The van der Waals surface area contributed by atoms with E-state index in [9.17, 15) is 0 Å². The molecule has 0 radical (unpaired) electrons. The molecule has 0 aromatic heterocycles. The summed E-state index contributed by atoms with van der Waals surface area (Å²) in [6.07, 6.45) is 1.20. The van der Waals surface area contributed by atoms with E-state index in [-0.39, 0.29) is 5.60 Å². The molecule has 0 amide bonds. The molecule has 0 rings (SSSR count). The summed E-state index contributed by atoms with van der Waals surface area (Å²) in [5, 5.41) is 0. The highest BCUT2D eigenvalue weighted by Crippen LogP contribution is 2.06. The third-order valence-electron chi connectivity index (χ3n) is 1.28. The lowest BCUT2D eigenvalue weighted by atomic mass is 9.27. The summed E-state index contributed by atoms with van der Waals surface area (Å²) in [5.41, 5.74) is 0.0493. The number of hydrogen-bond acceptors (Lipinski definition) is 1. The van der Waals surface area contributed by atoms with Crippen LogP contribution in [0.25, 0.3) is 0 Å². The maximum absolute atomic E-state index is 5.53. The van der Waals surface area contributed by atoms with Crippen molar-refractivity contribution in [3.8, 4) is 0 Å². The number of rotatable bonds is 4. The highest BCUT2D eigenvalue weighted by atomic mass is 16.5. The average molecular weight is 138 g/mol. The molecule has 0 N–H and O–H groups in total. The van der Waals surface area contributed by atoms with Crippen LogP contribution in [0.4, 0.5) is 0 Å². The Morgan fingerprint density at radius 1 is 1.40 bits per heavy atom. The van der Waals surface area contributed by atoms with Crippen molar-refractivity contribution in [1.82, 2.24) is 0 Å². The number of ether oxygens (including phenoxy) is 1. The topological polar surface area (TPSA) is 9.23 Å². The molecule has 0 spiro atoms. The van der Waals surface area contributed by atoms with Crippen LogP contribution in [0.1, 0.15) is 20.8 Å². The monoisotopic (exact) mass is 138 g/mol. The molecule has 0 aromatic carbocycles. The van der Waals surface area contributed by atoms with Crippen molar-refractivity contribution in [2.24, 2.45) is 0 Å². The zero-order valence-electron chi connectivity index (χ0n) is 7.74. The summed E-state index contributed by atoms with van der Waals surface area (Å²) in [5.74, 6) is 0. The van der Waals surface area contributed by atoms with Crippen LogP contribution in [-0.2, 0) is 4.74 Å². The molecule has 0 aliphatic rings. The molecule has 0 aliphatic carbocycles. The first kappa shape index (κ1) is 10.2. The minimum absolute atomic E-state index is 0.0493. The Bertz CT molecular complexity index is 79.6. The zero-order valence-corrected chi connectivity index (χ0v) is 7.74. The SMILES string of the molecule is BBBCCOC(C)(C)C. The third kappa shape index (κ3) is 8.15. The van der Waals surface area contributed by atoms with Gasteiger partial charge in [0.05, 0.1) is 27.6 Å². The fourth-order valence-corrected chi connectivity index (χ4v) is 0.730. The minimum Gasteiger partial charge on any atom is -0.377 e. The summed E-state index contributed by atoms with van der Waals surface area (Å²) in [6, 6.07) is 0. The van der Waals surface area contributed by atoms with Crippen LogP contribution < -0.4 is 0 Å². The van der Waals surface area contributed by atoms with Gasteiger partial charge in [0.1, 0.15) is 0 Å². The van der Waals surface area contributed by atoms with Gasteiger partial charge >= 0.3 is 0 Å². The molecular formula is C6H17B3O. The maximum Gasteiger partial charge on any atom is 0.0809 e.